The summed E-state index contributed by atoms with van der Waals surface area (Å²) >= 11 is 0. The first-order chi connectivity index (χ1) is 5.08. The Morgan fingerprint density at radius 2 is 2.18 bits per heavy atom. The van der Waals surface area contributed by atoms with Gasteiger partial charge < -0.3 is 0 Å². The molecule has 0 radical (unpaired) electrons. The predicted molar refractivity (Wildman–Crippen MR) is 46.1 cm³/mol. The molecule has 0 heterocycles. The minimum absolute atomic E-state index is 0.124. The van der Waals surface area contributed by atoms with E-state index < -0.39 is 9.05 Å². The van der Waals surface area contributed by atoms with Gasteiger partial charge in [0, 0.05) is 10.7 Å². The summed E-state index contributed by atoms with van der Waals surface area (Å²) in [6, 6.07) is 0. The maximum absolute atomic E-state index is 10.6. The van der Waals surface area contributed by atoms with Crippen LogP contribution in [0.2, 0.25) is 0 Å². The highest BCUT2D eigenvalue weighted by Crippen LogP contribution is 2.20. The van der Waals surface area contributed by atoms with Crippen LogP contribution >= 0.6 is 10.7 Å². The van der Waals surface area contributed by atoms with E-state index >= 15 is 0 Å². The van der Waals surface area contributed by atoms with Crippen molar-refractivity contribution in [3.63, 3.8) is 0 Å². The van der Waals surface area contributed by atoms with Crippen LogP contribution in [0.3, 0.4) is 0 Å². The van der Waals surface area contributed by atoms with E-state index in [2.05, 4.69) is 6.08 Å². The Bertz CT molecular complexity index is 243. The monoisotopic (exact) mass is 194 g/mol. The zero-order chi connectivity index (χ0) is 8.32. The molecular weight excluding hydrogens is 184 g/mol. The van der Waals surface area contributed by atoms with Crippen LogP contribution in [0.5, 0.6) is 0 Å². The van der Waals surface area contributed by atoms with Crippen LogP contribution in [0.25, 0.3) is 0 Å². The van der Waals surface area contributed by atoms with Gasteiger partial charge in [-0.1, -0.05) is 12.2 Å². The Hall–Kier alpha value is -0.0200. The van der Waals surface area contributed by atoms with Crippen molar-refractivity contribution in [3.05, 3.63) is 12.2 Å². The molecule has 1 aliphatic carbocycles. The highest BCUT2D eigenvalue weighted by atomic mass is 35.7. The third-order valence-electron chi connectivity index (χ3n) is 1.81. The van der Waals surface area contributed by atoms with Crippen molar-refractivity contribution in [2.24, 2.45) is 5.92 Å². The quantitative estimate of drug-likeness (QED) is 0.497. The highest BCUT2D eigenvalue weighted by molar-refractivity contribution is 8.13. The maximum Gasteiger partial charge on any atom is 0.232 e. The lowest BCUT2D eigenvalue weighted by Crippen LogP contribution is -2.12. The molecule has 0 amide bonds. The second-order valence-corrected chi connectivity index (χ2v) is 5.68. The fourth-order valence-electron chi connectivity index (χ4n) is 1.29. The fraction of sp³-hybridized carbons (Fsp3) is 0.714. The topological polar surface area (TPSA) is 34.1 Å². The van der Waals surface area contributed by atoms with E-state index in [1.807, 2.05) is 6.08 Å². The van der Waals surface area contributed by atoms with Crippen molar-refractivity contribution in [2.45, 2.75) is 19.3 Å². The summed E-state index contributed by atoms with van der Waals surface area (Å²) in [7, 11) is 1.83. The van der Waals surface area contributed by atoms with E-state index in [9.17, 15) is 8.42 Å². The summed E-state index contributed by atoms with van der Waals surface area (Å²) in [5, 5.41) is 0. The molecule has 1 rings (SSSR count). The molecular formula is C7H11ClO2S. The van der Waals surface area contributed by atoms with Crippen LogP contribution in [0.1, 0.15) is 19.3 Å². The lowest BCUT2D eigenvalue weighted by Gasteiger charge is -2.14. The summed E-state index contributed by atoms with van der Waals surface area (Å²) in [4.78, 5) is 0. The van der Waals surface area contributed by atoms with Crippen molar-refractivity contribution in [1.29, 1.82) is 0 Å². The third kappa shape index (κ3) is 3.77. The predicted octanol–water partition coefficient (Wildman–Crippen LogP) is 1.91. The van der Waals surface area contributed by atoms with E-state index in [0.29, 0.717) is 0 Å². The van der Waals surface area contributed by atoms with Crippen LogP contribution in [0, 0.1) is 5.92 Å². The van der Waals surface area contributed by atoms with E-state index in [-0.39, 0.29) is 11.7 Å². The highest BCUT2D eigenvalue weighted by Gasteiger charge is 2.16. The molecule has 2 nitrogen and oxygen atoms in total. The Morgan fingerprint density at radius 1 is 1.45 bits per heavy atom. The molecule has 11 heavy (non-hydrogen) atoms. The van der Waals surface area contributed by atoms with Gasteiger partial charge in [-0.25, -0.2) is 8.42 Å². The van der Waals surface area contributed by atoms with Gasteiger partial charge in [0.15, 0.2) is 0 Å². The maximum atomic E-state index is 10.6. The summed E-state index contributed by atoms with van der Waals surface area (Å²) in [6.45, 7) is 0. The molecule has 0 saturated carbocycles. The van der Waals surface area contributed by atoms with Gasteiger partial charge in [0.1, 0.15) is 0 Å². The second-order valence-electron chi connectivity index (χ2n) is 2.86. The third-order valence-corrected chi connectivity index (χ3v) is 3.06. The number of hydrogen-bond acceptors (Lipinski definition) is 2. The first kappa shape index (κ1) is 9.07. The molecule has 0 aromatic heterocycles. The van der Waals surface area contributed by atoms with Crippen molar-refractivity contribution in [2.75, 3.05) is 5.75 Å². The molecule has 1 atom stereocenters. The lowest BCUT2D eigenvalue weighted by molar-refractivity contribution is 0.517. The minimum Gasteiger partial charge on any atom is -0.212 e. The molecule has 1 aliphatic rings. The zero-order valence-corrected chi connectivity index (χ0v) is 7.74. The summed E-state index contributed by atoms with van der Waals surface area (Å²) in [5.74, 6) is 0.362. The van der Waals surface area contributed by atoms with Crippen LogP contribution in [0.15, 0.2) is 12.2 Å². The molecule has 0 aliphatic heterocycles. The second kappa shape index (κ2) is 3.59. The number of rotatable bonds is 2. The van der Waals surface area contributed by atoms with E-state index in [4.69, 9.17) is 10.7 Å². The average molecular weight is 195 g/mol. The molecule has 0 saturated heterocycles. The molecule has 0 aromatic carbocycles. The van der Waals surface area contributed by atoms with Gasteiger partial charge in [0.05, 0.1) is 5.75 Å². The van der Waals surface area contributed by atoms with Crippen LogP contribution in [-0.4, -0.2) is 14.2 Å². The van der Waals surface area contributed by atoms with Crippen molar-refractivity contribution < 1.29 is 8.42 Å². The van der Waals surface area contributed by atoms with Gasteiger partial charge in [-0.3, -0.25) is 0 Å². The Balaban J connectivity index is 2.44. The van der Waals surface area contributed by atoms with Crippen LogP contribution in [-0.2, 0) is 9.05 Å². The fourth-order valence-corrected chi connectivity index (χ4v) is 2.69. The normalized spacial score (nSPS) is 25.4. The van der Waals surface area contributed by atoms with E-state index in [1.54, 1.807) is 0 Å². The summed E-state index contributed by atoms with van der Waals surface area (Å²) < 4.78 is 21.3. The number of halogens is 1. The van der Waals surface area contributed by atoms with Gasteiger partial charge in [0.2, 0.25) is 9.05 Å². The van der Waals surface area contributed by atoms with E-state index in [0.717, 1.165) is 19.3 Å². The Labute approximate surface area is 71.7 Å². The molecule has 0 N–H and O–H groups in total. The van der Waals surface area contributed by atoms with Gasteiger partial charge in [-0.15, -0.1) is 0 Å². The smallest absolute Gasteiger partial charge is 0.212 e. The zero-order valence-electron chi connectivity index (χ0n) is 6.16. The standard InChI is InChI=1S/C7H11ClO2S/c8-11(9,10)6-7-4-2-1-3-5-7/h1-2,7H,3-6H2. The first-order valence-electron chi connectivity index (χ1n) is 3.65. The van der Waals surface area contributed by atoms with Gasteiger partial charge >= 0.3 is 0 Å². The van der Waals surface area contributed by atoms with Crippen molar-refractivity contribution in [1.82, 2.24) is 0 Å². The average Bonchev–Trinajstić information content (AvgIpc) is 1.85. The summed E-state index contributed by atoms with van der Waals surface area (Å²) in [5.41, 5.74) is 0. The van der Waals surface area contributed by atoms with Gasteiger partial charge in [-0.05, 0) is 25.2 Å². The minimum atomic E-state index is -3.29. The Morgan fingerprint density at radius 3 is 2.64 bits per heavy atom. The van der Waals surface area contributed by atoms with Crippen LogP contribution < -0.4 is 0 Å². The summed E-state index contributed by atoms with van der Waals surface area (Å²) in [6.07, 6.45) is 6.89. The number of allylic oxidation sites excluding steroid dienone is 2. The van der Waals surface area contributed by atoms with Crippen molar-refractivity contribution in [3.8, 4) is 0 Å². The van der Waals surface area contributed by atoms with E-state index in [1.165, 1.54) is 0 Å². The molecule has 64 valence electrons. The molecule has 0 fully saturated rings. The first-order valence-corrected chi connectivity index (χ1v) is 6.13. The SMILES string of the molecule is O=S(=O)(Cl)CC1CC=CCC1. The molecule has 4 heteroatoms. The molecule has 1 unspecified atom stereocenters. The molecule has 0 bridgehead atoms. The Kier molecular flexibility index (Phi) is 2.96. The largest absolute Gasteiger partial charge is 0.232 e. The lowest BCUT2D eigenvalue weighted by atomic mass is 9.97. The number of hydrogen-bond donors (Lipinski definition) is 0. The van der Waals surface area contributed by atoms with Crippen LogP contribution in [0.4, 0.5) is 0 Å². The molecule has 0 aromatic rings. The van der Waals surface area contributed by atoms with Crippen molar-refractivity contribution >= 4 is 19.7 Å². The van der Waals surface area contributed by atoms with Gasteiger partial charge in [-0.2, -0.15) is 0 Å². The van der Waals surface area contributed by atoms with Gasteiger partial charge in [0.25, 0.3) is 0 Å². The molecule has 0 spiro atoms.